The first-order valence-electron chi connectivity index (χ1n) is 6.22. The van der Waals surface area contributed by atoms with Crippen molar-refractivity contribution in [1.82, 2.24) is 0 Å². The Morgan fingerprint density at radius 1 is 1.24 bits per heavy atom. The van der Waals surface area contributed by atoms with Gasteiger partial charge in [0, 0.05) is 5.71 Å². The second-order valence-electron chi connectivity index (χ2n) is 4.18. The van der Waals surface area contributed by atoms with Gasteiger partial charge < -0.3 is 0 Å². The fourth-order valence-electron chi connectivity index (χ4n) is 1.49. The summed E-state index contributed by atoms with van der Waals surface area (Å²) in [6.07, 6.45) is 4.12. The van der Waals surface area contributed by atoms with Crippen molar-refractivity contribution in [3.8, 4) is 0 Å². The van der Waals surface area contributed by atoms with E-state index in [-0.39, 0.29) is 0 Å². The molecule has 0 aliphatic heterocycles. The molecule has 0 amide bonds. The Morgan fingerprint density at radius 3 is 2.41 bits per heavy atom. The molecule has 0 heterocycles. The third-order valence-corrected chi connectivity index (χ3v) is 3.76. The van der Waals surface area contributed by atoms with Gasteiger partial charge in [-0.1, -0.05) is 38.0 Å². The van der Waals surface area contributed by atoms with Crippen LogP contribution in [-0.2, 0) is 11.0 Å². The lowest BCUT2D eigenvalue weighted by Crippen LogP contribution is -1.99. The van der Waals surface area contributed by atoms with E-state index in [1.54, 1.807) is 0 Å². The number of unbranched alkanes of at least 4 members (excludes halogenated alkanes) is 1. The molecule has 3 heteroatoms. The molecular formula is C14H21NOS. The second kappa shape index (κ2) is 7.38. The Balaban J connectivity index is 2.74. The monoisotopic (exact) mass is 251 g/mol. The van der Waals surface area contributed by atoms with Crippen LogP contribution in [0.25, 0.3) is 0 Å². The Labute approximate surface area is 107 Å². The predicted molar refractivity (Wildman–Crippen MR) is 74.8 cm³/mol. The minimum Gasteiger partial charge on any atom is -0.229 e. The van der Waals surface area contributed by atoms with Crippen LogP contribution in [0.3, 0.4) is 0 Å². The number of hydrogen-bond donors (Lipinski definition) is 0. The summed E-state index contributed by atoms with van der Waals surface area (Å²) in [5, 5.41) is 0. The van der Waals surface area contributed by atoms with Gasteiger partial charge in [-0.15, -0.1) is 0 Å². The summed E-state index contributed by atoms with van der Waals surface area (Å²) in [6.45, 7) is 6.25. The normalized spacial score (nSPS) is 13.7. The van der Waals surface area contributed by atoms with Gasteiger partial charge in [-0.3, -0.25) is 0 Å². The first kappa shape index (κ1) is 14.1. The number of aryl methyl sites for hydroxylation is 1. The maximum Gasteiger partial charge on any atom is 0.172 e. The van der Waals surface area contributed by atoms with Crippen LogP contribution >= 0.6 is 0 Å². The van der Waals surface area contributed by atoms with Gasteiger partial charge in [0.25, 0.3) is 0 Å². The van der Waals surface area contributed by atoms with Crippen LogP contribution in [0.15, 0.2) is 33.6 Å². The van der Waals surface area contributed by atoms with Crippen molar-refractivity contribution in [2.24, 2.45) is 4.40 Å². The first-order valence-corrected chi connectivity index (χ1v) is 7.33. The molecule has 0 N–H and O–H groups in total. The maximum absolute atomic E-state index is 12.0. The topological polar surface area (TPSA) is 29.4 Å². The predicted octanol–water partition coefficient (Wildman–Crippen LogP) is 4.06. The third-order valence-electron chi connectivity index (χ3n) is 2.66. The van der Waals surface area contributed by atoms with Crippen molar-refractivity contribution in [2.75, 3.05) is 0 Å². The first-order chi connectivity index (χ1) is 8.17. The molecule has 94 valence electrons. The van der Waals surface area contributed by atoms with Crippen LogP contribution in [-0.4, -0.2) is 9.92 Å². The number of benzene rings is 1. The van der Waals surface area contributed by atoms with Crippen LogP contribution in [0, 0.1) is 6.92 Å². The summed E-state index contributed by atoms with van der Waals surface area (Å²) in [7, 11) is -1.24. The minimum absolute atomic E-state index is 0.790. The van der Waals surface area contributed by atoms with Crippen LogP contribution in [0.2, 0.25) is 0 Å². The third kappa shape index (κ3) is 4.82. The highest BCUT2D eigenvalue weighted by Gasteiger charge is 2.03. The zero-order valence-electron chi connectivity index (χ0n) is 10.9. The van der Waals surface area contributed by atoms with Gasteiger partial charge in [0.05, 0.1) is 4.90 Å². The number of nitrogens with zero attached hydrogens (tertiary/aromatic N) is 1. The molecule has 2 nitrogen and oxygen atoms in total. The lowest BCUT2D eigenvalue weighted by Gasteiger charge is -2.03. The molecule has 0 aliphatic carbocycles. The quantitative estimate of drug-likeness (QED) is 0.701. The summed E-state index contributed by atoms with van der Waals surface area (Å²) >= 11 is 0. The summed E-state index contributed by atoms with van der Waals surface area (Å²) < 4.78 is 16.3. The lowest BCUT2D eigenvalue weighted by atomic mass is 10.1. The molecule has 0 radical (unpaired) electrons. The van der Waals surface area contributed by atoms with Gasteiger partial charge in [0.15, 0.2) is 11.0 Å². The molecule has 0 aromatic heterocycles. The zero-order valence-corrected chi connectivity index (χ0v) is 11.7. The van der Waals surface area contributed by atoms with E-state index < -0.39 is 11.0 Å². The number of rotatable bonds is 6. The summed E-state index contributed by atoms with van der Waals surface area (Å²) in [5.74, 6) is 0. The average molecular weight is 251 g/mol. The molecule has 0 spiro atoms. The molecule has 0 fully saturated rings. The van der Waals surface area contributed by atoms with Crippen molar-refractivity contribution < 1.29 is 4.21 Å². The van der Waals surface area contributed by atoms with Crippen molar-refractivity contribution in [2.45, 2.75) is 51.3 Å². The van der Waals surface area contributed by atoms with Gasteiger partial charge in [0.2, 0.25) is 0 Å². The maximum atomic E-state index is 12.0. The zero-order chi connectivity index (χ0) is 12.7. The van der Waals surface area contributed by atoms with Gasteiger partial charge in [-0.2, -0.15) is 4.40 Å². The largest absolute Gasteiger partial charge is 0.229 e. The van der Waals surface area contributed by atoms with Gasteiger partial charge in [-0.25, -0.2) is 4.21 Å². The summed E-state index contributed by atoms with van der Waals surface area (Å²) in [6, 6.07) is 7.73. The average Bonchev–Trinajstić information content (AvgIpc) is 2.35. The molecule has 0 saturated heterocycles. The fraction of sp³-hybridized carbons (Fsp3) is 0.500. The van der Waals surface area contributed by atoms with E-state index in [4.69, 9.17) is 0 Å². The molecular weight excluding hydrogens is 230 g/mol. The van der Waals surface area contributed by atoms with Crippen LogP contribution in [0.4, 0.5) is 0 Å². The van der Waals surface area contributed by atoms with E-state index in [2.05, 4.69) is 18.2 Å². The Morgan fingerprint density at radius 2 is 1.88 bits per heavy atom. The van der Waals surface area contributed by atoms with E-state index in [1.165, 1.54) is 5.56 Å². The van der Waals surface area contributed by atoms with Crippen molar-refractivity contribution in [3.63, 3.8) is 0 Å². The highest BCUT2D eigenvalue weighted by molar-refractivity contribution is 7.83. The Hall–Kier alpha value is -0.960. The van der Waals surface area contributed by atoms with Gasteiger partial charge in [0.1, 0.15) is 0 Å². The van der Waals surface area contributed by atoms with E-state index in [1.807, 2.05) is 31.2 Å². The van der Waals surface area contributed by atoms with Crippen molar-refractivity contribution in [1.29, 1.82) is 0 Å². The standard InChI is InChI=1S/C14H21NOS/c1-4-6-7-13(5-2)15-17(16)14-10-8-12(3)9-11-14/h8-11H,4-7H2,1-3H3/b15-13+/t17-/m0/s1. The molecule has 0 unspecified atom stereocenters. The summed E-state index contributed by atoms with van der Waals surface area (Å²) in [4.78, 5) is 0.790. The SMILES string of the molecule is CCCC/C(CC)=N/[S@@](=O)c1ccc(C)cc1. The van der Waals surface area contributed by atoms with Crippen LogP contribution in [0.5, 0.6) is 0 Å². The van der Waals surface area contributed by atoms with Gasteiger partial charge >= 0.3 is 0 Å². The van der Waals surface area contributed by atoms with E-state index in [9.17, 15) is 4.21 Å². The molecule has 1 atom stereocenters. The van der Waals surface area contributed by atoms with Crippen LogP contribution < -0.4 is 0 Å². The minimum atomic E-state index is -1.24. The molecule has 1 rings (SSSR count). The van der Waals surface area contributed by atoms with Crippen molar-refractivity contribution >= 4 is 16.7 Å². The second-order valence-corrected chi connectivity index (χ2v) is 5.33. The Bertz CT molecular complexity index is 395. The molecule has 0 aliphatic rings. The van der Waals surface area contributed by atoms with Crippen LogP contribution in [0.1, 0.15) is 45.1 Å². The Kier molecular flexibility index (Phi) is 6.12. The van der Waals surface area contributed by atoms with E-state index >= 15 is 0 Å². The van der Waals surface area contributed by atoms with Crippen molar-refractivity contribution in [3.05, 3.63) is 29.8 Å². The van der Waals surface area contributed by atoms with E-state index in [0.717, 1.165) is 36.3 Å². The summed E-state index contributed by atoms with van der Waals surface area (Å²) in [5.41, 5.74) is 2.24. The highest BCUT2D eigenvalue weighted by atomic mass is 32.2. The lowest BCUT2D eigenvalue weighted by molar-refractivity contribution is 0.684. The molecule has 1 aromatic rings. The molecule has 0 saturated carbocycles. The molecule has 17 heavy (non-hydrogen) atoms. The van der Waals surface area contributed by atoms with E-state index in [0.29, 0.717) is 0 Å². The molecule has 1 aromatic carbocycles. The number of hydrogen-bond acceptors (Lipinski definition) is 1. The highest BCUT2D eigenvalue weighted by Crippen LogP contribution is 2.11. The fourth-order valence-corrected chi connectivity index (χ4v) is 2.42. The molecule has 0 bridgehead atoms. The smallest absolute Gasteiger partial charge is 0.172 e. The van der Waals surface area contributed by atoms with Gasteiger partial charge in [-0.05, 0) is 38.3 Å².